The zero-order chi connectivity index (χ0) is 34.2. The van der Waals surface area contributed by atoms with E-state index in [4.69, 9.17) is 17.3 Å². The Morgan fingerprint density at radius 1 is 0.936 bits per heavy atom. The van der Waals surface area contributed by atoms with Gasteiger partial charge < -0.3 is 52.7 Å². The van der Waals surface area contributed by atoms with E-state index in [2.05, 4.69) is 57.8 Å². The van der Waals surface area contributed by atoms with E-state index in [1.54, 1.807) is 6.20 Å². The van der Waals surface area contributed by atoms with Gasteiger partial charge in [-0.3, -0.25) is 33.6 Å². The molecular weight excluding hydrogens is 706 g/mol. The highest BCUT2D eigenvalue weighted by atomic mass is 79.9. The Balaban J connectivity index is 1.56. The summed E-state index contributed by atoms with van der Waals surface area (Å²) in [6, 6.07) is 2.42. The summed E-state index contributed by atoms with van der Waals surface area (Å²) in [7, 11) is 0. The molecule has 7 amide bonds. The number of carbonyl (C=O) groups is 7. The Morgan fingerprint density at radius 3 is 2.34 bits per heavy atom. The second-order valence-corrected chi connectivity index (χ2v) is 11.9. The molecule has 11 N–H and O–H groups in total. The third-order valence-corrected chi connectivity index (χ3v) is 7.74. The summed E-state index contributed by atoms with van der Waals surface area (Å²) in [5.41, 5.74) is 6.72. The molecule has 47 heavy (non-hydrogen) atoms. The summed E-state index contributed by atoms with van der Waals surface area (Å²) >= 11 is 9.21. The van der Waals surface area contributed by atoms with E-state index in [0.717, 1.165) is 15.4 Å². The van der Waals surface area contributed by atoms with Crippen molar-refractivity contribution in [2.75, 3.05) is 19.6 Å². The molecule has 0 unspecified atom stereocenters. The molecule has 0 aliphatic carbocycles. The highest BCUT2D eigenvalue weighted by Crippen LogP contribution is 2.24. The quantitative estimate of drug-likeness (QED) is 0.121. The van der Waals surface area contributed by atoms with E-state index in [-0.39, 0.29) is 17.1 Å². The number of H-pyrrole nitrogens is 2. The lowest BCUT2D eigenvalue weighted by molar-refractivity contribution is -0.136. The molecule has 1 aliphatic rings. The fourth-order valence-electron chi connectivity index (χ4n) is 4.65. The SMILES string of the molecule is NC(=O)C[C@H]1NC(=O)[C@@H](NC(=O)CNC(=O)c2cc(Cl)c[nH]2)CNC(=O)[C@H](Cc2c[nH]c3ccc(Br)cc23)NC(=O)[C@H](O)CNC1=O. The van der Waals surface area contributed by atoms with Crippen molar-refractivity contribution in [3.63, 3.8) is 0 Å². The molecule has 17 nitrogen and oxygen atoms in total. The maximum atomic E-state index is 13.5. The number of rotatable bonds is 8. The van der Waals surface area contributed by atoms with E-state index in [9.17, 15) is 38.7 Å². The molecule has 0 radical (unpaired) electrons. The second-order valence-electron chi connectivity index (χ2n) is 10.5. The van der Waals surface area contributed by atoms with Crippen LogP contribution < -0.4 is 37.6 Å². The Hall–Kier alpha value is -4.94. The number of amides is 7. The van der Waals surface area contributed by atoms with Crippen LogP contribution in [0.2, 0.25) is 5.02 Å². The number of nitrogens with one attached hydrogen (secondary N) is 8. The number of hydrogen-bond donors (Lipinski definition) is 10. The first-order chi connectivity index (χ1) is 22.3. The van der Waals surface area contributed by atoms with Crippen molar-refractivity contribution in [1.82, 2.24) is 41.9 Å². The number of aliphatic hydroxyl groups excluding tert-OH is 1. The maximum Gasteiger partial charge on any atom is 0.268 e. The van der Waals surface area contributed by atoms with E-state index < -0.39 is 91.6 Å². The van der Waals surface area contributed by atoms with Crippen molar-refractivity contribution in [2.45, 2.75) is 37.1 Å². The Labute approximate surface area is 279 Å². The average molecular weight is 737 g/mol. The third kappa shape index (κ3) is 9.53. The lowest BCUT2D eigenvalue weighted by atomic mass is 10.0. The summed E-state index contributed by atoms with van der Waals surface area (Å²) in [4.78, 5) is 95.0. The molecule has 250 valence electrons. The van der Waals surface area contributed by atoms with Crippen molar-refractivity contribution in [2.24, 2.45) is 5.73 Å². The minimum absolute atomic E-state index is 0.0498. The lowest BCUT2D eigenvalue weighted by Gasteiger charge is -2.26. The number of aromatic nitrogens is 2. The number of fused-ring (bicyclic) bond motifs is 1. The van der Waals surface area contributed by atoms with Crippen LogP contribution in [0.1, 0.15) is 22.5 Å². The molecule has 1 aromatic carbocycles. The molecule has 1 saturated heterocycles. The fraction of sp³-hybridized carbons (Fsp3) is 0.321. The van der Waals surface area contributed by atoms with Gasteiger partial charge in [-0.2, -0.15) is 0 Å². The highest BCUT2D eigenvalue weighted by Gasteiger charge is 2.32. The molecule has 0 bridgehead atoms. The molecule has 19 heteroatoms. The minimum Gasteiger partial charge on any atom is -0.381 e. The number of carbonyl (C=O) groups excluding carboxylic acids is 7. The van der Waals surface area contributed by atoms with Gasteiger partial charge in [-0.15, -0.1) is 0 Å². The van der Waals surface area contributed by atoms with Gasteiger partial charge in [-0.25, -0.2) is 0 Å². The fourth-order valence-corrected chi connectivity index (χ4v) is 5.17. The zero-order valence-corrected chi connectivity index (χ0v) is 26.8. The van der Waals surface area contributed by atoms with Crippen molar-refractivity contribution in [1.29, 1.82) is 0 Å². The van der Waals surface area contributed by atoms with Gasteiger partial charge in [0.25, 0.3) is 11.8 Å². The van der Waals surface area contributed by atoms with Crippen LogP contribution in [-0.2, 0) is 35.2 Å². The predicted octanol–water partition coefficient (Wildman–Crippen LogP) is -2.18. The van der Waals surface area contributed by atoms with Crippen molar-refractivity contribution >= 4 is 79.8 Å². The molecule has 3 heterocycles. The van der Waals surface area contributed by atoms with E-state index in [1.807, 2.05) is 18.2 Å². The summed E-state index contributed by atoms with van der Waals surface area (Å²) in [6.07, 6.45) is 0.508. The Morgan fingerprint density at radius 2 is 1.64 bits per heavy atom. The molecule has 1 fully saturated rings. The van der Waals surface area contributed by atoms with Crippen LogP contribution in [-0.4, -0.2) is 100 Å². The van der Waals surface area contributed by atoms with Gasteiger partial charge in [-0.05, 0) is 29.8 Å². The minimum atomic E-state index is -1.80. The number of primary amides is 1. The number of benzene rings is 1. The summed E-state index contributed by atoms with van der Waals surface area (Å²) in [6.45, 7) is -1.77. The topological polar surface area (TPSA) is 269 Å². The monoisotopic (exact) mass is 735 g/mol. The van der Waals surface area contributed by atoms with E-state index >= 15 is 0 Å². The van der Waals surface area contributed by atoms with Gasteiger partial charge >= 0.3 is 0 Å². The first-order valence-electron chi connectivity index (χ1n) is 14.1. The van der Waals surface area contributed by atoms with Gasteiger partial charge in [0.1, 0.15) is 29.9 Å². The molecule has 0 spiro atoms. The molecule has 4 rings (SSSR count). The number of β-amino-alcohol motifs (C(OH)–C–C–N with tert-alkyl or cyclic N) is 1. The largest absolute Gasteiger partial charge is 0.381 e. The van der Waals surface area contributed by atoms with Crippen LogP contribution in [0.5, 0.6) is 0 Å². The Kier molecular flexibility index (Phi) is 11.6. The van der Waals surface area contributed by atoms with Crippen molar-refractivity contribution in [3.8, 4) is 0 Å². The zero-order valence-electron chi connectivity index (χ0n) is 24.4. The normalized spacial score (nSPS) is 21.1. The van der Waals surface area contributed by atoms with E-state index in [1.165, 1.54) is 12.3 Å². The summed E-state index contributed by atoms with van der Waals surface area (Å²) in [5.74, 6) is -6.16. The smallest absolute Gasteiger partial charge is 0.268 e. The average Bonchev–Trinajstić information content (AvgIpc) is 3.64. The molecule has 2 aromatic heterocycles. The first-order valence-corrected chi connectivity index (χ1v) is 15.3. The predicted molar refractivity (Wildman–Crippen MR) is 169 cm³/mol. The van der Waals surface area contributed by atoms with Crippen LogP contribution in [0.15, 0.2) is 41.1 Å². The number of aliphatic hydroxyl groups is 1. The maximum absolute atomic E-state index is 13.5. The van der Waals surface area contributed by atoms with Crippen molar-refractivity contribution < 1.29 is 38.7 Å². The van der Waals surface area contributed by atoms with Crippen LogP contribution in [0.4, 0.5) is 0 Å². The van der Waals surface area contributed by atoms with Crippen molar-refractivity contribution in [3.05, 3.63) is 57.4 Å². The third-order valence-electron chi connectivity index (χ3n) is 7.03. The number of halogens is 2. The number of hydrogen-bond acceptors (Lipinski definition) is 8. The number of aromatic amines is 2. The molecule has 3 aromatic rings. The van der Waals surface area contributed by atoms with E-state index in [0.29, 0.717) is 5.56 Å². The first kappa shape index (κ1) is 34.9. The lowest BCUT2D eigenvalue weighted by Crippen LogP contribution is -2.61. The van der Waals surface area contributed by atoms with Gasteiger partial charge in [0.15, 0.2) is 0 Å². The highest BCUT2D eigenvalue weighted by molar-refractivity contribution is 9.10. The Bertz CT molecular complexity index is 1710. The molecular formula is C28H31BrClN9O8. The van der Waals surface area contributed by atoms with Crippen LogP contribution in [0.25, 0.3) is 10.9 Å². The van der Waals surface area contributed by atoms with Gasteiger partial charge in [-0.1, -0.05) is 27.5 Å². The van der Waals surface area contributed by atoms with Gasteiger partial charge in [0.05, 0.1) is 24.5 Å². The molecule has 0 saturated carbocycles. The van der Waals surface area contributed by atoms with Crippen LogP contribution in [0, 0.1) is 0 Å². The van der Waals surface area contributed by atoms with Crippen LogP contribution >= 0.6 is 27.5 Å². The van der Waals surface area contributed by atoms with Gasteiger partial charge in [0, 0.05) is 40.7 Å². The molecule has 1 aliphatic heterocycles. The second kappa shape index (κ2) is 15.6. The van der Waals surface area contributed by atoms with Crippen LogP contribution in [0.3, 0.4) is 0 Å². The summed E-state index contributed by atoms with van der Waals surface area (Å²) in [5, 5.41) is 25.7. The molecule has 4 atom stereocenters. The number of nitrogens with two attached hydrogens (primary N) is 1. The standard InChI is InChI=1S/C28H31BrClN9O8/c29-13-1-2-16-15(4-13)12(7-32-16)3-18-25(44)34-9-20(37-23(42)11-36-24(43)17-5-14(30)8-33-17)27(46)38-19(6-22(31)41)26(45)35-10-21(40)28(47)39-18/h1-2,4-5,7-8,18-21,32-33,40H,3,6,9-11H2,(H2,31,41)(H,34,44)(H,35,45)(H,36,43)(H,37,42)(H,38,46)(H,39,47)/t18-,19+,20-,21+/m0/s1. The summed E-state index contributed by atoms with van der Waals surface area (Å²) < 4.78 is 0.767. The van der Waals surface area contributed by atoms with Gasteiger partial charge in [0.2, 0.25) is 29.5 Å².